The number of pyridine rings is 1. The third kappa shape index (κ3) is 3.85. The summed E-state index contributed by atoms with van der Waals surface area (Å²) in [5.74, 6) is 1.53. The molecule has 5 heteroatoms. The van der Waals surface area contributed by atoms with E-state index in [1.807, 2.05) is 24.3 Å². The van der Waals surface area contributed by atoms with Gasteiger partial charge in [0.05, 0.1) is 23.9 Å². The molecule has 1 aliphatic rings. The summed E-state index contributed by atoms with van der Waals surface area (Å²) in [6.45, 7) is 4.12. The molecule has 0 atom stereocenters. The fourth-order valence-electron chi connectivity index (χ4n) is 4.27. The van der Waals surface area contributed by atoms with Gasteiger partial charge in [-0.2, -0.15) is 0 Å². The van der Waals surface area contributed by atoms with Crippen molar-refractivity contribution in [1.82, 2.24) is 14.9 Å². The molecule has 3 heterocycles. The Labute approximate surface area is 176 Å². The number of fused-ring (bicyclic) bond motifs is 2. The monoisotopic (exact) mass is 401 g/mol. The van der Waals surface area contributed by atoms with Gasteiger partial charge in [0.25, 0.3) is 0 Å². The molecule has 0 spiro atoms. The summed E-state index contributed by atoms with van der Waals surface area (Å²) in [6, 6.07) is 18.6. The number of nitrogens with one attached hydrogen (secondary N) is 1. The van der Waals surface area contributed by atoms with Crippen LogP contribution in [0.4, 0.5) is 0 Å². The van der Waals surface area contributed by atoms with Crippen LogP contribution in [0.5, 0.6) is 11.6 Å². The Morgan fingerprint density at radius 2 is 1.83 bits per heavy atom. The predicted octanol–water partition coefficient (Wildman–Crippen LogP) is 5.26. The van der Waals surface area contributed by atoms with E-state index in [2.05, 4.69) is 45.2 Å². The second-order valence-corrected chi connectivity index (χ2v) is 7.92. The van der Waals surface area contributed by atoms with Gasteiger partial charge in [0, 0.05) is 22.8 Å². The van der Waals surface area contributed by atoms with Crippen LogP contribution in [0, 0.1) is 0 Å². The Morgan fingerprint density at radius 3 is 2.70 bits per heavy atom. The highest BCUT2D eigenvalue weighted by Crippen LogP contribution is 2.34. The van der Waals surface area contributed by atoms with Crippen molar-refractivity contribution >= 4 is 21.8 Å². The summed E-state index contributed by atoms with van der Waals surface area (Å²) in [5.41, 5.74) is 3.95. The lowest BCUT2D eigenvalue weighted by Gasteiger charge is -2.26. The first kappa shape index (κ1) is 18.9. The van der Waals surface area contributed by atoms with Crippen molar-refractivity contribution in [3.8, 4) is 22.9 Å². The molecule has 1 saturated heterocycles. The normalized spacial score (nSPS) is 15.0. The summed E-state index contributed by atoms with van der Waals surface area (Å²) in [4.78, 5) is 10.7. The summed E-state index contributed by atoms with van der Waals surface area (Å²) in [6.07, 6.45) is 3.98. The lowest BCUT2D eigenvalue weighted by atomic mass is 10.1. The zero-order valence-corrected chi connectivity index (χ0v) is 17.4. The van der Waals surface area contributed by atoms with Gasteiger partial charge in [-0.3, -0.25) is 4.90 Å². The summed E-state index contributed by atoms with van der Waals surface area (Å²) in [5, 5.41) is 2.21. The van der Waals surface area contributed by atoms with E-state index in [4.69, 9.17) is 9.47 Å². The lowest BCUT2D eigenvalue weighted by Crippen LogP contribution is -2.33. The van der Waals surface area contributed by atoms with Gasteiger partial charge in [0.2, 0.25) is 5.88 Å². The number of ether oxygens (including phenoxy) is 2. The number of likely N-dealkylation sites (tertiary alicyclic amines) is 1. The van der Waals surface area contributed by atoms with Crippen molar-refractivity contribution in [1.29, 1.82) is 0 Å². The smallest absolute Gasteiger partial charge is 0.223 e. The molecule has 154 valence electrons. The van der Waals surface area contributed by atoms with Crippen molar-refractivity contribution < 1.29 is 9.47 Å². The number of benzene rings is 2. The lowest BCUT2D eigenvalue weighted by molar-refractivity contribution is 0.183. The Morgan fingerprint density at radius 1 is 0.967 bits per heavy atom. The molecule has 0 amide bonds. The van der Waals surface area contributed by atoms with E-state index in [9.17, 15) is 0 Å². The van der Waals surface area contributed by atoms with Gasteiger partial charge in [-0.25, -0.2) is 4.98 Å². The zero-order chi connectivity index (χ0) is 20.3. The Balaban J connectivity index is 1.38. The molecular formula is C25H27N3O2. The number of aromatic amines is 1. The van der Waals surface area contributed by atoms with Crippen molar-refractivity contribution in [3.63, 3.8) is 0 Å². The molecule has 1 aliphatic heterocycles. The first-order valence-corrected chi connectivity index (χ1v) is 10.7. The number of aromatic nitrogens is 2. The van der Waals surface area contributed by atoms with Crippen molar-refractivity contribution in [2.24, 2.45) is 0 Å². The van der Waals surface area contributed by atoms with Gasteiger partial charge < -0.3 is 14.5 Å². The fraction of sp³-hybridized carbons (Fsp3) is 0.320. The fourth-order valence-corrected chi connectivity index (χ4v) is 4.27. The molecule has 2 aromatic heterocycles. The third-order valence-corrected chi connectivity index (χ3v) is 5.89. The number of rotatable bonds is 6. The summed E-state index contributed by atoms with van der Waals surface area (Å²) < 4.78 is 11.6. The number of hydrogen-bond acceptors (Lipinski definition) is 4. The maximum absolute atomic E-state index is 6.04. The first-order chi connectivity index (χ1) is 14.8. The minimum absolute atomic E-state index is 0.623. The number of para-hydroxylation sites is 1. The average Bonchev–Trinajstić information content (AvgIpc) is 3.22. The highest BCUT2D eigenvalue weighted by Gasteiger charge is 2.13. The van der Waals surface area contributed by atoms with Gasteiger partial charge >= 0.3 is 0 Å². The summed E-state index contributed by atoms with van der Waals surface area (Å²) in [7, 11) is 1.66. The molecule has 1 N–H and O–H groups in total. The summed E-state index contributed by atoms with van der Waals surface area (Å²) >= 11 is 0. The van der Waals surface area contributed by atoms with Crippen molar-refractivity contribution in [3.05, 3.63) is 54.6 Å². The molecular weight excluding hydrogens is 374 g/mol. The maximum atomic E-state index is 6.04. The van der Waals surface area contributed by atoms with Crippen molar-refractivity contribution in [2.45, 2.75) is 19.3 Å². The number of hydrogen-bond donors (Lipinski definition) is 1. The van der Waals surface area contributed by atoms with E-state index in [0.29, 0.717) is 5.88 Å². The van der Waals surface area contributed by atoms with Gasteiger partial charge in [0.1, 0.15) is 12.4 Å². The predicted molar refractivity (Wildman–Crippen MR) is 121 cm³/mol. The van der Waals surface area contributed by atoms with Gasteiger partial charge in [-0.05, 0) is 62.3 Å². The van der Waals surface area contributed by atoms with E-state index in [1.165, 1.54) is 32.4 Å². The SMILES string of the molecule is COc1nc2ccccc2cc1-c1cc2cc(OCCN3CCCCC3)ccc2[nH]1. The quantitative estimate of drug-likeness (QED) is 0.479. The van der Waals surface area contributed by atoms with Crippen LogP contribution in [0.1, 0.15) is 19.3 Å². The van der Waals surface area contributed by atoms with Crippen LogP contribution < -0.4 is 9.47 Å². The number of methoxy groups -OCH3 is 1. The molecule has 0 saturated carbocycles. The van der Waals surface area contributed by atoms with Gasteiger partial charge in [-0.15, -0.1) is 0 Å². The molecule has 1 fully saturated rings. The number of nitrogens with zero attached hydrogens (tertiary/aromatic N) is 2. The number of piperidine rings is 1. The Hall–Kier alpha value is -3.05. The van der Waals surface area contributed by atoms with Crippen LogP contribution in [0.3, 0.4) is 0 Å². The minimum Gasteiger partial charge on any atom is -0.492 e. The van der Waals surface area contributed by atoms with E-state index in [1.54, 1.807) is 7.11 Å². The van der Waals surface area contributed by atoms with Crippen LogP contribution in [0.2, 0.25) is 0 Å². The zero-order valence-electron chi connectivity index (χ0n) is 17.4. The Kier molecular flexibility index (Phi) is 5.28. The largest absolute Gasteiger partial charge is 0.492 e. The number of H-pyrrole nitrogens is 1. The van der Waals surface area contributed by atoms with E-state index in [-0.39, 0.29) is 0 Å². The van der Waals surface area contributed by atoms with Crippen LogP contribution in [0.15, 0.2) is 54.6 Å². The van der Waals surface area contributed by atoms with E-state index < -0.39 is 0 Å². The minimum atomic E-state index is 0.623. The Bertz CT molecular complexity index is 1160. The first-order valence-electron chi connectivity index (χ1n) is 10.7. The molecule has 0 bridgehead atoms. The van der Waals surface area contributed by atoms with Gasteiger partial charge in [-0.1, -0.05) is 24.6 Å². The van der Waals surface area contributed by atoms with Gasteiger partial charge in [0.15, 0.2) is 0 Å². The maximum Gasteiger partial charge on any atom is 0.223 e. The van der Waals surface area contributed by atoms with Crippen molar-refractivity contribution in [2.75, 3.05) is 33.4 Å². The highest BCUT2D eigenvalue weighted by atomic mass is 16.5. The van der Waals surface area contributed by atoms with E-state index in [0.717, 1.165) is 52.0 Å². The standard InChI is InChI=1S/C25H27N3O2/c1-29-25-21(16-18-7-3-4-8-22(18)27-25)24-17-19-15-20(9-10-23(19)26-24)30-14-13-28-11-5-2-6-12-28/h3-4,7-10,15-17,26H,2,5-6,11-14H2,1H3. The molecule has 5 rings (SSSR count). The third-order valence-electron chi connectivity index (χ3n) is 5.89. The van der Waals surface area contributed by atoms with Crippen LogP contribution >= 0.6 is 0 Å². The van der Waals surface area contributed by atoms with E-state index >= 15 is 0 Å². The molecule has 0 radical (unpaired) electrons. The molecule has 0 aliphatic carbocycles. The molecule has 5 nitrogen and oxygen atoms in total. The molecule has 0 unspecified atom stereocenters. The van der Waals surface area contributed by atoms with Crippen LogP contribution in [0.25, 0.3) is 33.1 Å². The van der Waals surface area contributed by atoms with Crippen LogP contribution in [-0.2, 0) is 0 Å². The average molecular weight is 402 g/mol. The topological polar surface area (TPSA) is 50.4 Å². The molecule has 30 heavy (non-hydrogen) atoms. The molecule has 2 aromatic carbocycles. The second kappa shape index (κ2) is 8.36. The second-order valence-electron chi connectivity index (χ2n) is 7.92. The van der Waals surface area contributed by atoms with Crippen LogP contribution in [-0.4, -0.2) is 48.2 Å². The molecule has 4 aromatic rings. The highest BCUT2D eigenvalue weighted by molar-refractivity contribution is 5.91.